The molecule has 0 aliphatic heterocycles. The minimum Gasteiger partial charge on any atom is -0.396 e. The van der Waals surface area contributed by atoms with Gasteiger partial charge in [0.1, 0.15) is 0 Å². The number of nitrogens with one attached hydrogen (secondary N) is 2. The van der Waals surface area contributed by atoms with E-state index in [0.717, 1.165) is 37.6 Å². The average Bonchev–Trinajstić information content (AvgIpc) is 2.14. The predicted molar refractivity (Wildman–Crippen MR) is 69.7 cm³/mol. The summed E-state index contributed by atoms with van der Waals surface area (Å²) in [6.07, 6.45) is 0.913. The summed E-state index contributed by atoms with van der Waals surface area (Å²) in [6, 6.07) is 0. The van der Waals surface area contributed by atoms with Crippen molar-refractivity contribution in [3.8, 4) is 0 Å². The van der Waals surface area contributed by atoms with E-state index in [2.05, 4.69) is 31.4 Å². The molecule has 0 amide bonds. The summed E-state index contributed by atoms with van der Waals surface area (Å²) in [5, 5.41) is 15.4. The summed E-state index contributed by atoms with van der Waals surface area (Å²) in [5.41, 5.74) is 0.220. The maximum Gasteiger partial charge on any atom is 0.0438 e. The Morgan fingerprint density at radius 2 is 1.80 bits per heavy atom. The van der Waals surface area contributed by atoms with Crippen LogP contribution in [0.4, 0.5) is 0 Å². The van der Waals surface area contributed by atoms with Crippen LogP contribution in [-0.2, 0) is 0 Å². The van der Waals surface area contributed by atoms with Crippen LogP contribution in [0.3, 0.4) is 0 Å². The van der Waals surface area contributed by atoms with Crippen molar-refractivity contribution in [3.63, 3.8) is 0 Å². The van der Waals surface area contributed by atoms with E-state index < -0.39 is 0 Å². The van der Waals surface area contributed by atoms with Gasteiger partial charge in [-0.3, -0.25) is 0 Å². The molecule has 0 aromatic rings. The Morgan fingerprint density at radius 3 is 2.40 bits per heavy atom. The van der Waals surface area contributed by atoms with Gasteiger partial charge in [0.2, 0.25) is 0 Å². The van der Waals surface area contributed by atoms with Crippen LogP contribution in [0, 0.1) is 0 Å². The zero-order valence-electron chi connectivity index (χ0n) is 10.3. The Morgan fingerprint density at radius 1 is 1.07 bits per heavy atom. The SMILES string of the molecule is CC(C)(C)NCCNCCSCCCO. The topological polar surface area (TPSA) is 44.3 Å². The highest BCUT2D eigenvalue weighted by atomic mass is 32.2. The smallest absolute Gasteiger partial charge is 0.0438 e. The Hall–Kier alpha value is 0.230. The molecular weight excluding hydrogens is 208 g/mol. The third-order valence-corrected chi connectivity index (χ3v) is 2.90. The predicted octanol–water partition coefficient (Wildman–Crippen LogP) is 1.08. The van der Waals surface area contributed by atoms with Crippen LogP contribution < -0.4 is 10.6 Å². The fraction of sp³-hybridized carbons (Fsp3) is 1.00. The fourth-order valence-corrected chi connectivity index (χ4v) is 1.89. The van der Waals surface area contributed by atoms with Gasteiger partial charge in [0.15, 0.2) is 0 Å². The first-order valence-corrected chi connectivity index (χ1v) is 6.86. The number of hydrogen-bond acceptors (Lipinski definition) is 4. The third-order valence-electron chi connectivity index (χ3n) is 1.83. The van der Waals surface area contributed by atoms with Crippen molar-refractivity contribution in [2.75, 3.05) is 37.7 Å². The molecule has 0 aliphatic carbocycles. The van der Waals surface area contributed by atoms with Gasteiger partial charge in [-0.2, -0.15) is 11.8 Å². The lowest BCUT2D eigenvalue weighted by molar-refractivity contribution is 0.296. The van der Waals surface area contributed by atoms with Crippen molar-refractivity contribution in [3.05, 3.63) is 0 Å². The van der Waals surface area contributed by atoms with Gasteiger partial charge in [-0.25, -0.2) is 0 Å². The summed E-state index contributed by atoms with van der Waals surface area (Å²) in [7, 11) is 0. The summed E-state index contributed by atoms with van der Waals surface area (Å²) in [4.78, 5) is 0. The van der Waals surface area contributed by atoms with E-state index in [1.807, 2.05) is 11.8 Å². The van der Waals surface area contributed by atoms with Crippen LogP contribution in [0.1, 0.15) is 27.2 Å². The average molecular weight is 234 g/mol. The van der Waals surface area contributed by atoms with Crippen LogP contribution in [0.15, 0.2) is 0 Å². The van der Waals surface area contributed by atoms with E-state index in [4.69, 9.17) is 5.11 Å². The Bertz CT molecular complexity index is 137. The van der Waals surface area contributed by atoms with Gasteiger partial charge >= 0.3 is 0 Å². The second kappa shape index (κ2) is 9.46. The maximum absolute atomic E-state index is 8.58. The van der Waals surface area contributed by atoms with Crippen LogP contribution in [0.5, 0.6) is 0 Å². The Balaban J connectivity index is 2.99. The molecule has 4 heteroatoms. The molecule has 0 radical (unpaired) electrons. The van der Waals surface area contributed by atoms with Crippen LogP contribution >= 0.6 is 11.8 Å². The Kier molecular flexibility index (Phi) is 9.60. The number of rotatable bonds is 9. The van der Waals surface area contributed by atoms with Crippen molar-refractivity contribution < 1.29 is 5.11 Å². The molecule has 0 spiro atoms. The van der Waals surface area contributed by atoms with Gasteiger partial charge in [0.05, 0.1) is 0 Å². The minimum absolute atomic E-state index is 0.220. The van der Waals surface area contributed by atoms with Crippen LogP contribution in [0.2, 0.25) is 0 Å². The van der Waals surface area contributed by atoms with E-state index in [-0.39, 0.29) is 5.54 Å². The van der Waals surface area contributed by atoms with Crippen molar-refractivity contribution >= 4 is 11.8 Å². The molecule has 0 saturated carbocycles. The molecule has 3 nitrogen and oxygen atoms in total. The lowest BCUT2D eigenvalue weighted by atomic mass is 10.1. The zero-order chi connectivity index (χ0) is 11.6. The second-order valence-electron chi connectivity index (χ2n) is 4.62. The van der Waals surface area contributed by atoms with Gasteiger partial charge < -0.3 is 15.7 Å². The third kappa shape index (κ3) is 14.2. The normalized spacial score (nSPS) is 12.0. The van der Waals surface area contributed by atoms with Crippen LogP contribution in [0.25, 0.3) is 0 Å². The van der Waals surface area contributed by atoms with Gasteiger partial charge in [0.25, 0.3) is 0 Å². The molecule has 0 atom stereocenters. The summed E-state index contributed by atoms with van der Waals surface area (Å²) in [5.74, 6) is 2.20. The molecule has 0 heterocycles. The highest BCUT2D eigenvalue weighted by Crippen LogP contribution is 1.99. The lowest BCUT2D eigenvalue weighted by Crippen LogP contribution is -2.40. The second-order valence-corrected chi connectivity index (χ2v) is 5.84. The molecule has 0 unspecified atom stereocenters. The molecule has 3 N–H and O–H groups in total. The quantitative estimate of drug-likeness (QED) is 0.522. The number of aliphatic hydroxyl groups excluding tert-OH is 1. The number of hydrogen-bond donors (Lipinski definition) is 3. The van der Waals surface area contributed by atoms with Crippen LogP contribution in [-0.4, -0.2) is 48.4 Å². The van der Waals surface area contributed by atoms with Crippen molar-refractivity contribution in [2.45, 2.75) is 32.7 Å². The first-order chi connectivity index (χ1) is 7.06. The van der Waals surface area contributed by atoms with Gasteiger partial charge in [-0.15, -0.1) is 0 Å². The molecule has 0 aliphatic rings. The van der Waals surface area contributed by atoms with Gasteiger partial charge in [-0.05, 0) is 32.9 Å². The van der Waals surface area contributed by atoms with Crippen molar-refractivity contribution in [1.29, 1.82) is 0 Å². The van der Waals surface area contributed by atoms with E-state index >= 15 is 0 Å². The maximum atomic E-state index is 8.58. The fourth-order valence-electron chi connectivity index (χ4n) is 1.06. The molecular formula is C11H26N2OS. The monoisotopic (exact) mass is 234 g/mol. The van der Waals surface area contributed by atoms with E-state index in [9.17, 15) is 0 Å². The number of aliphatic hydroxyl groups is 1. The summed E-state index contributed by atoms with van der Waals surface area (Å²) in [6.45, 7) is 9.95. The van der Waals surface area contributed by atoms with Crippen molar-refractivity contribution in [2.24, 2.45) is 0 Å². The molecule has 0 rings (SSSR count). The molecule has 0 fully saturated rings. The van der Waals surface area contributed by atoms with Crippen molar-refractivity contribution in [1.82, 2.24) is 10.6 Å². The zero-order valence-corrected chi connectivity index (χ0v) is 11.1. The van der Waals surface area contributed by atoms with Gasteiger partial charge in [0, 0.05) is 37.5 Å². The summed E-state index contributed by atoms with van der Waals surface area (Å²) >= 11 is 1.90. The largest absolute Gasteiger partial charge is 0.396 e. The molecule has 15 heavy (non-hydrogen) atoms. The standard InChI is InChI=1S/C11H26N2OS/c1-11(2,3)13-6-5-12-7-10-15-9-4-8-14/h12-14H,4-10H2,1-3H3. The highest BCUT2D eigenvalue weighted by Gasteiger charge is 2.06. The van der Waals surface area contributed by atoms with Gasteiger partial charge in [-0.1, -0.05) is 0 Å². The van der Waals surface area contributed by atoms with E-state index in [0.29, 0.717) is 6.61 Å². The first kappa shape index (κ1) is 15.2. The minimum atomic E-state index is 0.220. The highest BCUT2D eigenvalue weighted by molar-refractivity contribution is 7.99. The molecule has 0 aromatic carbocycles. The first-order valence-electron chi connectivity index (χ1n) is 5.70. The number of thioether (sulfide) groups is 1. The Labute approximate surface area is 98.4 Å². The summed E-state index contributed by atoms with van der Waals surface area (Å²) < 4.78 is 0. The molecule has 0 aromatic heterocycles. The van der Waals surface area contributed by atoms with E-state index in [1.165, 1.54) is 0 Å². The lowest BCUT2D eigenvalue weighted by Gasteiger charge is -2.20. The molecule has 0 bridgehead atoms. The van der Waals surface area contributed by atoms with E-state index in [1.54, 1.807) is 0 Å². The molecule has 92 valence electrons. The molecule has 0 saturated heterocycles.